The van der Waals surface area contributed by atoms with Crippen LogP contribution in [0.5, 0.6) is 0 Å². The van der Waals surface area contributed by atoms with Crippen molar-refractivity contribution in [3.05, 3.63) is 0 Å². The first-order chi connectivity index (χ1) is 20.4. The Morgan fingerprint density at radius 1 is 0.844 bits per heavy atom. The van der Waals surface area contributed by atoms with E-state index in [0.717, 1.165) is 0 Å². The third-order valence-corrected chi connectivity index (χ3v) is 8.76. The summed E-state index contributed by atoms with van der Waals surface area (Å²) in [4.78, 5) is 25.4. The predicted molar refractivity (Wildman–Crippen MR) is 128 cm³/mol. The van der Waals surface area contributed by atoms with E-state index < -0.39 is 90.2 Å². The number of hydrogen-bond acceptors (Lipinski definition) is 8. The maximum Gasteiger partial charge on any atom is 0.460 e. The number of esters is 2. The molecule has 1 saturated heterocycles. The summed E-state index contributed by atoms with van der Waals surface area (Å²) in [6.07, 6.45) is -10.6. The number of halogens is 13. The van der Waals surface area contributed by atoms with Crippen LogP contribution in [0.4, 0.5) is 57.1 Å². The molecular formula is C24H31F13O7S. The number of hydrogen-bond donors (Lipinski definition) is 1. The SMILES string of the molecule is CCCCC1(CC)COC(=O)CC1(SOOO)C(=O)OCCCCCCC(F)(F)C(F)(F)C(F)(F)C(F)(F)C(F)(F)C(F)(F)F. The average Bonchev–Trinajstić information content (AvgIpc) is 2.93. The van der Waals surface area contributed by atoms with Crippen LogP contribution < -0.4 is 0 Å². The van der Waals surface area contributed by atoms with Crippen molar-refractivity contribution in [2.45, 2.75) is 119 Å². The van der Waals surface area contributed by atoms with E-state index >= 15 is 0 Å². The van der Waals surface area contributed by atoms with Gasteiger partial charge in [0.1, 0.15) is 0 Å². The molecule has 1 aliphatic rings. The van der Waals surface area contributed by atoms with Crippen molar-refractivity contribution in [3.63, 3.8) is 0 Å². The third kappa shape index (κ3) is 7.88. The number of alkyl halides is 13. The minimum atomic E-state index is -7.94. The van der Waals surface area contributed by atoms with Gasteiger partial charge < -0.3 is 9.47 Å². The zero-order valence-electron chi connectivity index (χ0n) is 23.7. The first-order valence-corrected chi connectivity index (χ1v) is 14.1. The monoisotopic (exact) mass is 710 g/mol. The van der Waals surface area contributed by atoms with E-state index in [1.807, 2.05) is 6.92 Å². The Hall–Kier alpha value is -1.74. The van der Waals surface area contributed by atoms with Crippen molar-refractivity contribution in [1.82, 2.24) is 0 Å². The molecular weight excluding hydrogens is 679 g/mol. The zero-order chi connectivity index (χ0) is 35.2. The van der Waals surface area contributed by atoms with Crippen molar-refractivity contribution in [2.24, 2.45) is 5.41 Å². The van der Waals surface area contributed by atoms with Crippen LogP contribution in [-0.4, -0.2) is 70.9 Å². The van der Waals surface area contributed by atoms with Gasteiger partial charge in [-0.15, -0.1) is 4.33 Å². The summed E-state index contributed by atoms with van der Waals surface area (Å²) in [6, 6.07) is 0. The van der Waals surface area contributed by atoms with Crippen LogP contribution in [0.15, 0.2) is 0 Å². The van der Waals surface area contributed by atoms with Gasteiger partial charge in [0.25, 0.3) is 0 Å². The summed E-state index contributed by atoms with van der Waals surface area (Å²) in [5.74, 6) is -38.9. The van der Waals surface area contributed by atoms with E-state index in [4.69, 9.17) is 14.7 Å². The molecule has 1 fully saturated rings. The van der Waals surface area contributed by atoms with E-state index in [1.54, 1.807) is 6.92 Å². The van der Waals surface area contributed by atoms with Crippen molar-refractivity contribution < 1.29 is 90.8 Å². The molecule has 1 aliphatic heterocycles. The largest absolute Gasteiger partial charge is 0.465 e. The van der Waals surface area contributed by atoms with Gasteiger partial charge in [0, 0.05) is 11.8 Å². The quantitative estimate of drug-likeness (QED) is 0.0356. The summed E-state index contributed by atoms with van der Waals surface area (Å²) >= 11 is 0.296. The number of cyclic esters (lactones) is 1. The highest BCUT2D eigenvalue weighted by Gasteiger charge is 2.90. The predicted octanol–water partition coefficient (Wildman–Crippen LogP) is 8.56. The fourth-order valence-corrected chi connectivity index (χ4v) is 5.62. The first-order valence-electron chi connectivity index (χ1n) is 13.4. The second-order valence-electron chi connectivity index (χ2n) is 10.4. The maximum atomic E-state index is 13.9. The van der Waals surface area contributed by atoms with Gasteiger partial charge in [-0.1, -0.05) is 44.6 Å². The Morgan fingerprint density at radius 3 is 1.91 bits per heavy atom. The van der Waals surface area contributed by atoms with Gasteiger partial charge in [-0.2, -0.15) is 57.1 Å². The summed E-state index contributed by atoms with van der Waals surface area (Å²) in [5, 5.41) is 12.3. The van der Waals surface area contributed by atoms with Crippen molar-refractivity contribution in [1.29, 1.82) is 0 Å². The molecule has 0 aliphatic carbocycles. The minimum Gasteiger partial charge on any atom is -0.465 e. The van der Waals surface area contributed by atoms with Gasteiger partial charge in [-0.3, -0.25) is 9.59 Å². The fourth-order valence-electron chi connectivity index (χ4n) is 4.69. The molecule has 2 unspecified atom stereocenters. The van der Waals surface area contributed by atoms with Gasteiger partial charge in [0.15, 0.2) is 4.75 Å². The molecule has 2 atom stereocenters. The molecule has 0 radical (unpaired) electrons. The van der Waals surface area contributed by atoms with Crippen LogP contribution in [0, 0.1) is 5.41 Å². The van der Waals surface area contributed by atoms with Gasteiger partial charge >= 0.3 is 47.7 Å². The lowest BCUT2D eigenvalue weighted by Crippen LogP contribution is -2.70. The summed E-state index contributed by atoms with van der Waals surface area (Å²) in [6.45, 7) is 2.84. The Morgan fingerprint density at radius 2 is 1.40 bits per heavy atom. The van der Waals surface area contributed by atoms with E-state index in [1.165, 1.54) is 0 Å². The lowest BCUT2D eigenvalue weighted by molar-refractivity contribution is -0.440. The Kier molecular flexibility index (Phi) is 13.8. The average molecular weight is 711 g/mol. The molecule has 21 heteroatoms. The number of carbonyl (C=O) groups excluding carboxylic acids is 2. The highest BCUT2D eigenvalue weighted by Crippen LogP contribution is 2.61. The van der Waals surface area contributed by atoms with Crippen LogP contribution in [-0.2, 0) is 28.4 Å². The number of rotatable bonds is 19. The smallest absolute Gasteiger partial charge is 0.460 e. The lowest BCUT2D eigenvalue weighted by Gasteiger charge is -2.48. The molecule has 0 aromatic heterocycles. The van der Waals surface area contributed by atoms with E-state index in [-0.39, 0.29) is 25.9 Å². The topological polar surface area (TPSA) is 91.3 Å². The Bertz CT molecular complexity index is 997. The molecule has 1 heterocycles. The van der Waals surface area contributed by atoms with E-state index in [2.05, 4.69) is 9.37 Å². The second kappa shape index (κ2) is 15.0. The molecule has 0 spiro atoms. The van der Waals surface area contributed by atoms with Gasteiger partial charge in [-0.25, -0.2) is 5.26 Å². The highest BCUT2D eigenvalue weighted by molar-refractivity contribution is 7.96. The lowest BCUT2D eigenvalue weighted by atomic mass is 9.67. The van der Waals surface area contributed by atoms with Crippen molar-refractivity contribution >= 4 is 24.0 Å². The molecule has 0 amide bonds. The third-order valence-electron chi connectivity index (χ3n) is 7.60. The van der Waals surface area contributed by atoms with Crippen molar-refractivity contribution in [3.8, 4) is 0 Å². The molecule has 1 N–H and O–H groups in total. The fraction of sp³-hybridized carbons (Fsp3) is 0.917. The van der Waals surface area contributed by atoms with Gasteiger partial charge in [0.05, 0.1) is 31.7 Å². The Balaban J connectivity index is 2.87. The molecule has 0 aromatic carbocycles. The molecule has 0 saturated carbocycles. The first kappa shape index (κ1) is 41.3. The zero-order valence-corrected chi connectivity index (χ0v) is 24.5. The van der Waals surface area contributed by atoms with Crippen LogP contribution >= 0.6 is 12.0 Å². The normalized spacial score (nSPS) is 22.4. The minimum absolute atomic E-state index is 0.184. The summed E-state index contributed by atoms with van der Waals surface area (Å²) in [5.41, 5.74) is -1.06. The second-order valence-corrected chi connectivity index (χ2v) is 11.4. The number of carbonyl (C=O) groups is 2. The van der Waals surface area contributed by atoms with Crippen molar-refractivity contribution in [2.75, 3.05) is 13.2 Å². The van der Waals surface area contributed by atoms with E-state index in [0.29, 0.717) is 31.3 Å². The summed E-state index contributed by atoms with van der Waals surface area (Å²) in [7, 11) is 0. The molecule has 7 nitrogen and oxygen atoms in total. The molecule has 0 bridgehead atoms. The highest BCUT2D eigenvalue weighted by atomic mass is 32.2. The van der Waals surface area contributed by atoms with Crippen LogP contribution in [0.3, 0.4) is 0 Å². The molecule has 1 rings (SSSR count). The van der Waals surface area contributed by atoms with Crippen LogP contribution in [0.2, 0.25) is 0 Å². The van der Waals surface area contributed by atoms with Gasteiger partial charge in [0.2, 0.25) is 0 Å². The molecule has 266 valence electrons. The molecule has 0 aromatic rings. The Labute approximate surface area is 252 Å². The number of ether oxygens (including phenoxy) is 2. The molecule has 45 heavy (non-hydrogen) atoms. The van der Waals surface area contributed by atoms with E-state index in [9.17, 15) is 66.7 Å². The van der Waals surface area contributed by atoms with Gasteiger partial charge in [-0.05, 0) is 25.7 Å². The maximum absolute atomic E-state index is 13.9. The van der Waals surface area contributed by atoms with Crippen LogP contribution in [0.1, 0.15) is 78.1 Å². The number of unbranched alkanes of at least 4 members (excludes halogenated alkanes) is 4. The van der Waals surface area contributed by atoms with Crippen LogP contribution in [0.25, 0.3) is 0 Å². The standard InChI is InChI=1S/C24H31F13O7S/c1-3-5-10-17(4-2)14-42-15(38)13-18(17,45-44-43-40)16(39)41-12-9-7-6-8-11-19(25,26)20(27,28)21(29,30)22(31,32)23(33,34)24(35,36)37/h40H,3-14H2,1-2H3. The summed E-state index contributed by atoms with van der Waals surface area (Å²) < 4.78 is 185.